The van der Waals surface area contributed by atoms with Gasteiger partial charge in [0.2, 0.25) is 0 Å². The van der Waals surface area contributed by atoms with Gasteiger partial charge in [0.1, 0.15) is 22.8 Å². The minimum absolute atomic E-state index is 0.250. The highest BCUT2D eigenvalue weighted by Crippen LogP contribution is 2.28. The van der Waals surface area contributed by atoms with E-state index in [4.69, 9.17) is 10.5 Å². The van der Waals surface area contributed by atoms with Gasteiger partial charge < -0.3 is 15.8 Å². The summed E-state index contributed by atoms with van der Waals surface area (Å²) in [6, 6.07) is 7.41. The smallest absolute Gasteiger partial charge is 0.257 e. The van der Waals surface area contributed by atoms with Crippen molar-refractivity contribution in [3.05, 3.63) is 29.8 Å². The van der Waals surface area contributed by atoms with Gasteiger partial charge in [-0.15, -0.1) is 0 Å². The maximum Gasteiger partial charge on any atom is 0.257 e. The highest BCUT2D eigenvalue weighted by atomic mass is 16.5. The van der Waals surface area contributed by atoms with Crippen molar-refractivity contribution in [1.82, 2.24) is 15.1 Å². The van der Waals surface area contributed by atoms with E-state index in [2.05, 4.69) is 10.4 Å². The SMILES string of the molecule is CCOc1ccc(-c2nn(C)c(N)c2C(=O)NC)cc1. The second-order valence-corrected chi connectivity index (χ2v) is 4.27. The number of benzene rings is 1. The van der Waals surface area contributed by atoms with E-state index in [0.29, 0.717) is 23.7 Å². The fraction of sp³-hybridized carbons (Fsp3) is 0.286. The minimum Gasteiger partial charge on any atom is -0.494 e. The zero-order valence-electron chi connectivity index (χ0n) is 11.8. The van der Waals surface area contributed by atoms with E-state index in [1.807, 2.05) is 31.2 Å². The number of aromatic nitrogens is 2. The lowest BCUT2D eigenvalue weighted by Gasteiger charge is -2.05. The average Bonchev–Trinajstić information content (AvgIpc) is 2.75. The summed E-state index contributed by atoms with van der Waals surface area (Å²) in [5.74, 6) is 0.870. The zero-order valence-corrected chi connectivity index (χ0v) is 11.8. The summed E-state index contributed by atoms with van der Waals surface area (Å²) < 4.78 is 6.89. The fourth-order valence-corrected chi connectivity index (χ4v) is 1.96. The molecule has 3 N–H and O–H groups in total. The Labute approximate surface area is 117 Å². The summed E-state index contributed by atoms with van der Waals surface area (Å²) in [5.41, 5.74) is 7.68. The Balaban J connectivity index is 2.46. The van der Waals surface area contributed by atoms with E-state index >= 15 is 0 Å². The molecule has 0 unspecified atom stereocenters. The molecular weight excluding hydrogens is 256 g/mol. The Bertz CT molecular complexity index is 617. The lowest BCUT2D eigenvalue weighted by atomic mass is 10.1. The molecule has 2 aromatic rings. The maximum absolute atomic E-state index is 11.9. The molecular formula is C14H18N4O2. The monoisotopic (exact) mass is 274 g/mol. The van der Waals surface area contributed by atoms with Gasteiger partial charge >= 0.3 is 0 Å². The summed E-state index contributed by atoms with van der Waals surface area (Å²) in [4.78, 5) is 11.9. The molecule has 1 amide bonds. The number of amides is 1. The van der Waals surface area contributed by atoms with Crippen molar-refractivity contribution >= 4 is 11.7 Å². The Hall–Kier alpha value is -2.50. The third-order valence-electron chi connectivity index (χ3n) is 2.98. The lowest BCUT2D eigenvalue weighted by Crippen LogP contribution is -2.19. The van der Waals surface area contributed by atoms with Crippen LogP contribution in [0.3, 0.4) is 0 Å². The number of ether oxygens (including phenoxy) is 1. The average molecular weight is 274 g/mol. The third kappa shape index (κ3) is 2.45. The zero-order chi connectivity index (χ0) is 14.7. The van der Waals surface area contributed by atoms with Crippen molar-refractivity contribution in [2.75, 3.05) is 19.4 Å². The molecule has 0 atom stereocenters. The summed E-state index contributed by atoms with van der Waals surface area (Å²) in [6.45, 7) is 2.54. The van der Waals surface area contributed by atoms with Gasteiger partial charge in [0.15, 0.2) is 0 Å². The molecule has 0 radical (unpaired) electrons. The van der Waals surface area contributed by atoms with E-state index in [9.17, 15) is 4.79 Å². The Kier molecular flexibility index (Phi) is 3.93. The molecule has 0 fully saturated rings. The highest BCUT2D eigenvalue weighted by Gasteiger charge is 2.21. The highest BCUT2D eigenvalue weighted by molar-refractivity contribution is 6.04. The Morgan fingerprint density at radius 2 is 2.05 bits per heavy atom. The van der Waals surface area contributed by atoms with Crippen LogP contribution in [0.15, 0.2) is 24.3 Å². The first-order chi connectivity index (χ1) is 9.58. The number of hydrogen-bond donors (Lipinski definition) is 2. The standard InChI is InChI=1S/C14H18N4O2/c1-4-20-10-7-5-9(6-8-10)12-11(14(19)16-2)13(15)18(3)17-12/h5-8H,4,15H2,1-3H3,(H,16,19). The second-order valence-electron chi connectivity index (χ2n) is 4.27. The molecule has 0 aliphatic heterocycles. The van der Waals surface area contributed by atoms with Gasteiger partial charge in [-0.05, 0) is 31.2 Å². The van der Waals surface area contributed by atoms with Crippen LogP contribution in [0.2, 0.25) is 0 Å². The predicted molar refractivity (Wildman–Crippen MR) is 77.6 cm³/mol. The minimum atomic E-state index is -0.250. The molecule has 0 bridgehead atoms. The molecule has 1 aromatic carbocycles. The van der Waals surface area contributed by atoms with E-state index in [-0.39, 0.29) is 5.91 Å². The molecule has 1 heterocycles. The van der Waals surface area contributed by atoms with Gasteiger partial charge in [-0.1, -0.05) is 0 Å². The van der Waals surface area contributed by atoms with Crippen LogP contribution in [0.4, 0.5) is 5.82 Å². The van der Waals surface area contributed by atoms with E-state index in [1.165, 1.54) is 4.68 Å². The van der Waals surface area contributed by atoms with Crippen LogP contribution in [0.25, 0.3) is 11.3 Å². The van der Waals surface area contributed by atoms with Crippen molar-refractivity contribution in [3.63, 3.8) is 0 Å². The predicted octanol–water partition coefficient (Wildman–Crippen LogP) is 1.43. The van der Waals surface area contributed by atoms with Crippen molar-refractivity contribution in [2.45, 2.75) is 6.92 Å². The van der Waals surface area contributed by atoms with E-state index in [0.717, 1.165) is 11.3 Å². The molecule has 0 saturated heterocycles. The normalized spacial score (nSPS) is 10.3. The van der Waals surface area contributed by atoms with Gasteiger partial charge in [0.05, 0.1) is 6.61 Å². The molecule has 6 nitrogen and oxygen atoms in total. The van der Waals surface area contributed by atoms with Crippen molar-refractivity contribution in [3.8, 4) is 17.0 Å². The van der Waals surface area contributed by atoms with Gasteiger partial charge in [-0.25, -0.2) is 0 Å². The molecule has 2 rings (SSSR count). The van der Waals surface area contributed by atoms with Crippen LogP contribution in [-0.4, -0.2) is 29.3 Å². The number of nitrogens with one attached hydrogen (secondary N) is 1. The van der Waals surface area contributed by atoms with Crippen LogP contribution in [0.1, 0.15) is 17.3 Å². The Morgan fingerprint density at radius 3 is 2.60 bits per heavy atom. The van der Waals surface area contributed by atoms with Crippen LogP contribution < -0.4 is 15.8 Å². The van der Waals surface area contributed by atoms with Crippen LogP contribution in [0.5, 0.6) is 5.75 Å². The number of nitrogen functional groups attached to an aromatic ring is 1. The molecule has 0 aliphatic carbocycles. The molecule has 20 heavy (non-hydrogen) atoms. The Morgan fingerprint density at radius 1 is 1.40 bits per heavy atom. The molecule has 1 aromatic heterocycles. The number of rotatable bonds is 4. The summed E-state index contributed by atoms with van der Waals surface area (Å²) >= 11 is 0. The first-order valence-corrected chi connectivity index (χ1v) is 6.36. The number of carbonyl (C=O) groups excluding carboxylic acids is 1. The number of hydrogen-bond acceptors (Lipinski definition) is 4. The van der Waals surface area contributed by atoms with Gasteiger partial charge in [-0.2, -0.15) is 5.10 Å². The largest absolute Gasteiger partial charge is 0.494 e. The second kappa shape index (κ2) is 5.64. The first kappa shape index (κ1) is 13.9. The maximum atomic E-state index is 11.9. The van der Waals surface area contributed by atoms with Gasteiger partial charge in [0.25, 0.3) is 5.91 Å². The quantitative estimate of drug-likeness (QED) is 0.883. The number of anilines is 1. The topological polar surface area (TPSA) is 82.2 Å². The fourth-order valence-electron chi connectivity index (χ4n) is 1.96. The van der Waals surface area contributed by atoms with Crippen molar-refractivity contribution in [1.29, 1.82) is 0 Å². The molecule has 0 spiro atoms. The first-order valence-electron chi connectivity index (χ1n) is 6.36. The third-order valence-corrected chi connectivity index (χ3v) is 2.98. The summed E-state index contributed by atoms with van der Waals surface area (Å²) in [5, 5.41) is 6.90. The molecule has 0 saturated carbocycles. The number of nitrogens with zero attached hydrogens (tertiary/aromatic N) is 2. The van der Waals surface area contributed by atoms with Gasteiger partial charge in [0, 0.05) is 19.7 Å². The molecule has 0 aliphatic rings. The number of carbonyl (C=O) groups is 1. The summed E-state index contributed by atoms with van der Waals surface area (Å²) in [7, 11) is 3.27. The van der Waals surface area contributed by atoms with E-state index < -0.39 is 0 Å². The van der Waals surface area contributed by atoms with E-state index in [1.54, 1.807) is 14.1 Å². The van der Waals surface area contributed by atoms with Crippen molar-refractivity contribution in [2.24, 2.45) is 7.05 Å². The van der Waals surface area contributed by atoms with Gasteiger partial charge in [-0.3, -0.25) is 9.48 Å². The number of nitrogens with two attached hydrogens (primary N) is 1. The molecule has 106 valence electrons. The van der Waals surface area contributed by atoms with Crippen LogP contribution in [0, 0.1) is 0 Å². The molecule has 6 heteroatoms. The van der Waals surface area contributed by atoms with Crippen molar-refractivity contribution < 1.29 is 9.53 Å². The van der Waals surface area contributed by atoms with Crippen LogP contribution >= 0.6 is 0 Å². The number of aryl methyl sites for hydroxylation is 1. The lowest BCUT2D eigenvalue weighted by molar-refractivity contribution is 0.0964. The summed E-state index contributed by atoms with van der Waals surface area (Å²) in [6.07, 6.45) is 0. The van der Waals surface area contributed by atoms with Crippen LogP contribution in [-0.2, 0) is 7.05 Å².